The summed E-state index contributed by atoms with van der Waals surface area (Å²) in [7, 11) is 0. The molecule has 0 saturated heterocycles. The van der Waals surface area contributed by atoms with Crippen molar-refractivity contribution < 1.29 is 20.1 Å². The van der Waals surface area contributed by atoms with E-state index in [1.165, 1.54) is 35.5 Å². The quantitative estimate of drug-likeness (QED) is 0.132. The third-order valence-electron chi connectivity index (χ3n) is 6.72. The maximum absolute atomic E-state index is 6.57. The van der Waals surface area contributed by atoms with Gasteiger partial charge in [0.05, 0.1) is 0 Å². The Labute approximate surface area is 267 Å². The van der Waals surface area contributed by atoms with Crippen LogP contribution in [0.4, 0.5) is 0 Å². The van der Waals surface area contributed by atoms with Gasteiger partial charge in [0.1, 0.15) is 0 Å². The third-order valence-corrected chi connectivity index (χ3v) is 14.5. The minimum atomic E-state index is -2.09. The Bertz CT molecular complexity index is 1770. The molecule has 2 aliphatic rings. The molecule has 0 fully saturated rings. The fourth-order valence-corrected chi connectivity index (χ4v) is 14.1. The summed E-state index contributed by atoms with van der Waals surface area (Å²) >= 11 is 10.2. The first-order valence-electron chi connectivity index (χ1n) is 12.8. The number of aromatic nitrogens is 2. The monoisotopic (exact) mass is 777 g/mol. The van der Waals surface area contributed by atoms with Crippen molar-refractivity contribution in [2.45, 2.75) is 19.6 Å². The molecule has 1 atom stereocenters. The van der Waals surface area contributed by atoms with Crippen LogP contribution in [-0.4, -0.2) is 9.97 Å². The van der Waals surface area contributed by atoms with E-state index in [0.29, 0.717) is 0 Å². The predicted molar refractivity (Wildman–Crippen MR) is 171 cm³/mol. The minimum absolute atomic E-state index is 0. The Hall–Kier alpha value is -2.82. The van der Waals surface area contributed by atoms with Crippen LogP contribution in [0.25, 0.3) is 22.5 Å². The summed E-state index contributed by atoms with van der Waals surface area (Å²) in [5.41, 5.74) is 4.00. The number of pyridine rings is 2. The Morgan fingerprint density at radius 2 is 1.20 bits per heavy atom. The van der Waals surface area contributed by atoms with Crippen molar-refractivity contribution in [3.63, 3.8) is 0 Å². The van der Waals surface area contributed by atoms with Gasteiger partial charge in [0, 0.05) is 48.3 Å². The molecule has 0 N–H and O–H groups in total. The van der Waals surface area contributed by atoms with Crippen LogP contribution < -0.4 is 15.9 Å². The third kappa shape index (κ3) is 5.30. The van der Waals surface area contributed by atoms with E-state index in [9.17, 15) is 0 Å². The minimum Gasteiger partial charge on any atom is -0.305 e. The fraction of sp³-hybridized carbons (Fsp3) is 0. The molecule has 2 aromatic heterocycles. The van der Waals surface area contributed by atoms with E-state index >= 15 is 0 Å². The van der Waals surface area contributed by atoms with Gasteiger partial charge in [-0.1, -0.05) is 87.6 Å². The van der Waals surface area contributed by atoms with E-state index in [4.69, 9.17) is 11.8 Å². The summed E-state index contributed by atoms with van der Waals surface area (Å²) in [5, 5.41) is 3.94. The maximum Gasteiger partial charge on any atom is 0.0190 e. The first-order valence-corrected chi connectivity index (χ1v) is 17.2. The molecule has 41 heavy (non-hydrogen) atoms. The SMILES string of the molecule is S=P12c3ccccc3Sc3[c-]c(-c4ccccn4)cc(c31)Sc1ccccc12.[Ir].[c-]1ccccc1-c1ccccn1. The van der Waals surface area contributed by atoms with Crippen molar-refractivity contribution in [2.75, 3.05) is 0 Å². The van der Waals surface area contributed by atoms with Gasteiger partial charge in [0.15, 0.2) is 0 Å². The summed E-state index contributed by atoms with van der Waals surface area (Å²) < 4.78 is 0. The molecule has 0 saturated carbocycles. The van der Waals surface area contributed by atoms with Crippen molar-refractivity contribution in [3.05, 3.63) is 140 Å². The number of fused-ring (bicyclic) bond motifs is 4. The number of hydrogen-bond donors (Lipinski definition) is 0. The molecule has 8 rings (SSSR count). The number of nitrogens with zero attached hydrogens (tertiary/aromatic N) is 2. The number of benzene rings is 4. The van der Waals surface area contributed by atoms with Gasteiger partial charge in [-0.15, -0.1) is 77.1 Å². The molecule has 7 heteroatoms. The van der Waals surface area contributed by atoms with Crippen LogP contribution >= 0.6 is 29.6 Å². The van der Waals surface area contributed by atoms with Crippen LogP contribution in [0.2, 0.25) is 0 Å². The topological polar surface area (TPSA) is 25.8 Å². The molecule has 2 nitrogen and oxygen atoms in total. The van der Waals surface area contributed by atoms with Gasteiger partial charge in [-0.2, -0.15) is 0 Å². The summed E-state index contributed by atoms with van der Waals surface area (Å²) in [6, 6.07) is 44.0. The molecule has 4 heterocycles. The van der Waals surface area contributed by atoms with Crippen LogP contribution in [0.3, 0.4) is 0 Å². The molecular formula is C34H21IrN2PS3-2. The Balaban J connectivity index is 0.000000196. The molecule has 0 spiro atoms. The van der Waals surface area contributed by atoms with Gasteiger partial charge in [0.2, 0.25) is 0 Å². The van der Waals surface area contributed by atoms with Gasteiger partial charge >= 0.3 is 0 Å². The van der Waals surface area contributed by atoms with Gasteiger partial charge in [0.25, 0.3) is 0 Å². The fourth-order valence-electron chi connectivity index (χ4n) is 4.92. The van der Waals surface area contributed by atoms with Crippen LogP contribution in [0.15, 0.2) is 147 Å². The zero-order chi connectivity index (χ0) is 26.9. The molecule has 0 amide bonds. The summed E-state index contributed by atoms with van der Waals surface area (Å²) in [6.45, 7) is 0. The zero-order valence-corrected chi connectivity index (χ0v) is 27.3. The molecule has 0 aliphatic carbocycles. The average Bonchev–Trinajstić information content (AvgIpc) is 3.03. The zero-order valence-electron chi connectivity index (χ0n) is 21.5. The van der Waals surface area contributed by atoms with Crippen molar-refractivity contribution in [2.24, 2.45) is 0 Å². The average molecular weight is 777 g/mol. The largest absolute Gasteiger partial charge is 0.305 e. The smallest absolute Gasteiger partial charge is 0.0190 e. The van der Waals surface area contributed by atoms with Crippen molar-refractivity contribution in [3.8, 4) is 22.5 Å². The van der Waals surface area contributed by atoms with Crippen LogP contribution in [0.5, 0.6) is 0 Å². The van der Waals surface area contributed by atoms with Crippen LogP contribution in [-0.2, 0) is 31.9 Å². The second kappa shape index (κ2) is 12.2. The van der Waals surface area contributed by atoms with Crippen LogP contribution in [0.1, 0.15) is 0 Å². The van der Waals surface area contributed by atoms with Gasteiger partial charge in [-0.3, -0.25) is 0 Å². The van der Waals surface area contributed by atoms with Crippen molar-refractivity contribution >= 4 is 57.3 Å². The van der Waals surface area contributed by atoms with E-state index in [0.717, 1.165) is 22.5 Å². The predicted octanol–water partition coefficient (Wildman–Crippen LogP) is 7.78. The second-order valence-corrected chi connectivity index (χ2v) is 15.6. The standard InChI is InChI=1S/C23H13NPS3.C11H8N.Ir/c26-25-17-8-1-3-10-19(17)27-21-13-15(16-7-5-6-12-24-16)14-22(23(21)25)28-20-11-4-2-9-18(20)25;1-2-6-10(7-3-1)11-8-4-5-9-12-11;/h1-13H;1-6,8-9H;/q2*-1;. The van der Waals surface area contributed by atoms with Gasteiger partial charge in [-0.25, -0.2) is 0 Å². The molecule has 1 unspecified atom stereocenters. The van der Waals surface area contributed by atoms with Gasteiger partial charge < -0.3 is 9.97 Å². The van der Waals surface area contributed by atoms with Crippen molar-refractivity contribution in [1.82, 2.24) is 9.97 Å². The molecule has 201 valence electrons. The Kier molecular flexibility index (Phi) is 8.42. The van der Waals surface area contributed by atoms with Gasteiger partial charge in [-0.05, 0) is 46.3 Å². The van der Waals surface area contributed by atoms with E-state index < -0.39 is 6.04 Å². The molecule has 0 bridgehead atoms. The molecule has 1 radical (unpaired) electrons. The molecule has 6 aromatic rings. The summed E-state index contributed by atoms with van der Waals surface area (Å²) in [4.78, 5) is 13.7. The van der Waals surface area contributed by atoms with Crippen LogP contribution in [0, 0.1) is 12.1 Å². The van der Waals surface area contributed by atoms with E-state index in [1.54, 1.807) is 18.0 Å². The Morgan fingerprint density at radius 1 is 0.610 bits per heavy atom. The normalized spacial score (nSPS) is 15.6. The summed E-state index contributed by atoms with van der Waals surface area (Å²) in [5.74, 6) is 0. The first kappa shape index (κ1) is 28.3. The summed E-state index contributed by atoms with van der Waals surface area (Å²) in [6.07, 6.45) is 3.62. The Morgan fingerprint density at radius 3 is 1.80 bits per heavy atom. The molecule has 2 aliphatic heterocycles. The number of hydrogen-bond acceptors (Lipinski definition) is 5. The maximum atomic E-state index is 6.57. The molecular weight excluding hydrogens is 756 g/mol. The second-order valence-electron chi connectivity index (χ2n) is 9.18. The van der Waals surface area contributed by atoms with E-state index in [-0.39, 0.29) is 20.1 Å². The number of rotatable bonds is 2. The van der Waals surface area contributed by atoms with E-state index in [1.807, 2.05) is 78.6 Å². The first-order chi connectivity index (χ1) is 19.7. The van der Waals surface area contributed by atoms with E-state index in [2.05, 4.69) is 76.7 Å². The molecule has 4 aromatic carbocycles. The van der Waals surface area contributed by atoms with Crippen molar-refractivity contribution in [1.29, 1.82) is 0 Å².